The highest BCUT2D eigenvalue weighted by atomic mass is 32.2. The second kappa shape index (κ2) is 5.98. The van der Waals surface area contributed by atoms with Crippen molar-refractivity contribution in [3.8, 4) is 0 Å². The summed E-state index contributed by atoms with van der Waals surface area (Å²) in [6, 6.07) is 7.99. The molecule has 1 aromatic heterocycles. The molecule has 0 saturated heterocycles. The molecule has 0 spiro atoms. The Kier molecular flexibility index (Phi) is 4.09. The van der Waals surface area contributed by atoms with Crippen molar-refractivity contribution in [1.82, 2.24) is 4.98 Å². The monoisotopic (exact) mass is 359 g/mol. The predicted molar refractivity (Wildman–Crippen MR) is 94.0 cm³/mol. The van der Waals surface area contributed by atoms with Gasteiger partial charge in [0.05, 0.1) is 4.90 Å². The number of amides is 1. The first-order valence-electron chi connectivity index (χ1n) is 7.48. The van der Waals surface area contributed by atoms with E-state index in [1.807, 2.05) is 0 Å². The van der Waals surface area contributed by atoms with Crippen LogP contribution in [0.5, 0.6) is 0 Å². The lowest BCUT2D eigenvalue weighted by atomic mass is 10.1. The average Bonchev–Trinajstić information content (AvgIpc) is 2.87. The fraction of sp³-hybridized carbons (Fsp3) is 0.176. The number of nitrogens with zero attached hydrogens (tertiary/aromatic N) is 1. The molecule has 0 aliphatic carbocycles. The van der Waals surface area contributed by atoms with Gasteiger partial charge in [0, 0.05) is 18.2 Å². The average molecular weight is 359 g/mol. The Labute approximate surface area is 144 Å². The van der Waals surface area contributed by atoms with Crippen molar-refractivity contribution >= 4 is 32.7 Å². The number of sulfonamides is 1. The van der Waals surface area contributed by atoms with Crippen molar-refractivity contribution in [3.05, 3.63) is 52.9 Å². The molecule has 0 unspecified atom stereocenters. The number of aryl methyl sites for hydroxylation is 2. The van der Waals surface area contributed by atoms with Gasteiger partial charge >= 0.3 is 0 Å². The molecule has 130 valence electrons. The molecule has 2 aromatic carbocycles. The normalized spacial score (nSPS) is 11.7. The molecular formula is C17H17N3O4S. The molecule has 0 atom stereocenters. The lowest BCUT2D eigenvalue weighted by Gasteiger charge is -2.11. The highest BCUT2D eigenvalue weighted by Gasteiger charge is 2.18. The number of nitrogens with one attached hydrogen (secondary N) is 1. The Balaban J connectivity index is 1.96. The molecule has 3 rings (SSSR count). The van der Waals surface area contributed by atoms with E-state index in [0.29, 0.717) is 33.8 Å². The van der Waals surface area contributed by atoms with E-state index in [-0.39, 0.29) is 10.5 Å². The Morgan fingerprint density at radius 1 is 1.16 bits per heavy atom. The van der Waals surface area contributed by atoms with E-state index < -0.39 is 15.9 Å². The highest BCUT2D eigenvalue weighted by molar-refractivity contribution is 7.89. The van der Waals surface area contributed by atoms with Crippen LogP contribution in [0.2, 0.25) is 0 Å². The van der Waals surface area contributed by atoms with E-state index in [4.69, 9.17) is 9.56 Å². The lowest BCUT2D eigenvalue weighted by molar-refractivity contribution is 0.102. The third-order valence-corrected chi connectivity index (χ3v) is 4.98. The van der Waals surface area contributed by atoms with Gasteiger partial charge in [0.15, 0.2) is 11.5 Å². The van der Waals surface area contributed by atoms with E-state index in [1.165, 1.54) is 6.07 Å². The first-order chi connectivity index (χ1) is 11.6. The maximum absolute atomic E-state index is 12.5. The summed E-state index contributed by atoms with van der Waals surface area (Å²) in [5, 5.41) is 7.96. The minimum absolute atomic E-state index is 0.0553. The second-order valence-electron chi connectivity index (χ2n) is 5.83. The number of aromatic nitrogens is 1. The van der Waals surface area contributed by atoms with Gasteiger partial charge in [0.25, 0.3) is 5.91 Å². The number of oxazole rings is 1. The molecule has 3 aromatic rings. The molecule has 8 heteroatoms. The maximum atomic E-state index is 12.5. The summed E-state index contributed by atoms with van der Waals surface area (Å²) in [5.41, 5.74) is 3.18. The summed E-state index contributed by atoms with van der Waals surface area (Å²) >= 11 is 0. The van der Waals surface area contributed by atoms with Gasteiger partial charge in [0.1, 0.15) is 5.52 Å². The molecule has 0 aliphatic rings. The zero-order chi connectivity index (χ0) is 18.4. The number of carbonyl (C=O) groups is 1. The number of carbonyl (C=O) groups excluding carboxylic acids is 1. The van der Waals surface area contributed by atoms with Crippen molar-refractivity contribution in [1.29, 1.82) is 0 Å². The number of nitrogens with two attached hydrogens (primary N) is 1. The minimum Gasteiger partial charge on any atom is -0.441 e. The first-order valence-corrected chi connectivity index (χ1v) is 9.02. The van der Waals surface area contributed by atoms with Crippen molar-refractivity contribution in [2.24, 2.45) is 5.14 Å². The fourth-order valence-electron chi connectivity index (χ4n) is 2.58. The van der Waals surface area contributed by atoms with Crippen molar-refractivity contribution in [2.45, 2.75) is 25.7 Å². The van der Waals surface area contributed by atoms with Crippen molar-refractivity contribution in [3.63, 3.8) is 0 Å². The van der Waals surface area contributed by atoms with Crippen LogP contribution >= 0.6 is 0 Å². The third kappa shape index (κ3) is 3.40. The van der Waals surface area contributed by atoms with Gasteiger partial charge in [0.2, 0.25) is 10.0 Å². The summed E-state index contributed by atoms with van der Waals surface area (Å²) in [4.78, 5) is 16.7. The SMILES string of the molecule is Cc1nc2cc(NC(=O)c3cc(C)c(C)c(S(N)(=O)=O)c3)ccc2o1. The molecule has 0 saturated carbocycles. The number of hydrogen-bond donors (Lipinski definition) is 2. The van der Waals surface area contributed by atoms with Crippen LogP contribution in [0.15, 0.2) is 39.6 Å². The molecule has 0 aliphatic heterocycles. The van der Waals surface area contributed by atoms with Gasteiger partial charge in [-0.3, -0.25) is 4.79 Å². The fourth-order valence-corrected chi connectivity index (χ4v) is 3.46. The van der Waals surface area contributed by atoms with Gasteiger partial charge in [-0.25, -0.2) is 18.5 Å². The predicted octanol–water partition coefficient (Wildman–Crippen LogP) is 2.65. The summed E-state index contributed by atoms with van der Waals surface area (Å²) < 4.78 is 28.8. The van der Waals surface area contributed by atoms with E-state index in [2.05, 4.69) is 10.3 Å². The zero-order valence-corrected chi connectivity index (χ0v) is 14.8. The van der Waals surface area contributed by atoms with Crippen LogP contribution in [0, 0.1) is 20.8 Å². The molecule has 1 amide bonds. The Morgan fingerprint density at radius 2 is 1.88 bits per heavy atom. The van der Waals surface area contributed by atoms with Gasteiger partial charge < -0.3 is 9.73 Å². The van der Waals surface area contributed by atoms with E-state index in [0.717, 1.165) is 0 Å². The van der Waals surface area contributed by atoms with Crippen molar-refractivity contribution < 1.29 is 17.6 Å². The first kappa shape index (κ1) is 17.1. The lowest BCUT2D eigenvalue weighted by Crippen LogP contribution is -2.17. The van der Waals surface area contributed by atoms with Gasteiger partial charge in [-0.05, 0) is 55.3 Å². The zero-order valence-electron chi connectivity index (χ0n) is 14.0. The van der Waals surface area contributed by atoms with Gasteiger partial charge in [-0.15, -0.1) is 0 Å². The number of fused-ring (bicyclic) bond motifs is 1. The number of anilines is 1. The maximum Gasteiger partial charge on any atom is 0.255 e. The standard InChI is InChI=1S/C17H17N3O4S/c1-9-6-12(7-16(10(9)2)25(18,22)23)17(21)20-13-4-5-15-14(8-13)19-11(3)24-15/h4-8H,1-3H3,(H,20,21)(H2,18,22,23). The largest absolute Gasteiger partial charge is 0.441 e. The Bertz CT molecular complexity index is 1100. The van der Waals surface area contributed by atoms with Crippen molar-refractivity contribution in [2.75, 3.05) is 5.32 Å². The third-order valence-electron chi connectivity index (χ3n) is 3.94. The van der Waals surface area contributed by atoms with Gasteiger partial charge in [-0.2, -0.15) is 0 Å². The van der Waals surface area contributed by atoms with Crippen LogP contribution in [0.3, 0.4) is 0 Å². The van der Waals surface area contributed by atoms with Crippen LogP contribution < -0.4 is 10.5 Å². The highest BCUT2D eigenvalue weighted by Crippen LogP contribution is 2.23. The minimum atomic E-state index is -3.91. The second-order valence-corrected chi connectivity index (χ2v) is 7.36. The molecule has 1 heterocycles. The molecule has 3 N–H and O–H groups in total. The molecule has 0 radical (unpaired) electrons. The number of hydrogen-bond acceptors (Lipinski definition) is 5. The smallest absolute Gasteiger partial charge is 0.255 e. The summed E-state index contributed by atoms with van der Waals surface area (Å²) in [7, 11) is -3.91. The van der Waals surface area contributed by atoms with Crippen LogP contribution in [0.4, 0.5) is 5.69 Å². The molecule has 25 heavy (non-hydrogen) atoms. The quantitative estimate of drug-likeness (QED) is 0.746. The van der Waals surface area contributed by atoms with Crippen LogP contribution in [-0.2, 0) is 10.0 Å². The van der Waals surface area contributed by atoms with Crippen LogP contribution in [0.25, 0.3) is 11.1 Å². The summed E-state index contributed by atoms with van der Waals surface area (Å²) in [5.74, 6) is 0.0954. The number of rotatable bonds is 3. The molecule has 0 bridgehead atoms. The Hall–Kier alpha value is -2.71. The number of primary sulfonamides is 1. The number of benzene rings is 2. The molecule has 0 fully saturated rings. The molecular weight excluding hydrogens is 342 g/mol. The topological polar surface area (TPSA) is 115 Å². The summed E-state index contributed by atoms with van der Waals surface area (Å²) in [6.45, 7) is 5.12. The van der Waals surface area contributed by atoms with E-state index in [1.54, 1.807) is 45.0 Å². The van der Waals surface area contributed by atoms with Crippen LogP contribution in [0.1, 0.15) is 27.4 Å². The summed E-state index contributed by atoms with van der Waals surface area (Å²) in [6.07, 6.45) is 0. The van der Waals surface area contributed by atoms with E-state index in [9.17, 15) is 13.2 Å². The Morgan fingerprint density at radius 3 is 2.56 bits per heavy atom. The van der Waals surface area contributed by atoms with Gasteiger partial charge in [-0.1, -0.05) is 0 Å². The molecule has 7 nitrogen and oxygen atoms in total. The van der Waals surface area contributed by atoms with E-state index >= 15 is 0 Å². The van der Waals surface area contributed by atoms with Crippen LogP contribution in [-0.4, -0.2) is 19.3 Å².